The van der Waals surface area contributed by atoms with E-state index in [1.54, 1.807) is 16.9 Å². The van der Waals surface area contributed by atoms with Crippen LogP contribution in [0.4, 0.5) is 5.82 Å². The molecule has 0 amide bonds. The molecule has 3 rings (SSSR count). The predicted octanol–water partition coefficient (Wildman–Crippen LogP) is 1.71. The molecular weight excluding hydrogens is 242 g/mol. The Kier molecular flexibility index (Phi) is 2.75. The molecule has 3 N–H and O–H groups in total. The van der Waals surface area contributed by atoms with Crippen LogP contribution in [-0.2, 0) is 0 Å². The number of H-pyrrole nitrogens is 1. The van der Waals surface area contributed by atoms with Gasteiger partial charge in [0.2, 0.25) is 6.04 Å². The second-order valence-electron chi connectivity index (χ2n) is 4.95. The van der Waals surface area contributed by atoms with Crippen molar-refractivity contribution < 1.29 is 0 Å². The Bertz CT molecular complexity index is 708. The first-order chi connectivity index (χ1) is 9.22. The molecule has 0 radical (unpaired) electrons. The summed E-state index contributed by atoms with van der Waals surface area (Å²) >= 11 is 0. The monoisotopic (exact) mass is 257 g/mol. The highest BCUT2D eigenvalue weighted by Gasteiger charge is 2.33. The average molecular weight is 257 g/mol. The van der Waals surface area contributed by atoms with Crippen LogP contribution in [0.5, 0.6) is 0 Å². The zero-order valence-corrected chi connectivity index (χ0v) is 10.5. The largest absolute Gasteiger partial charge is 0.382 e. The molecule has 6 heteroatoms. The van der Waals surface area contributed by atoms with E-state index in [1.807, 2.05) is 0 Å². The van der Waals surface area contributed by atoms with Crippen molar-refractivity contribution in [2.75, 3.05) is 5.73 Å². The summed E-state index contributed by atoms with van der Waals surface area (Å²) < 4.78 is 1.78. The lowest BCUT2D eigenvalue weighted by Gasteiger charge is -2.24. The zero-order chi connectivity index (χ0) is 13.4. The van der Waals surface area contributed by atoms with Gasteiger partial charge in [0.15, 0.2) is 5.82 Å². The van der Waals surface area contributed by atoms with Crippen LogP contribution in [-0.4, -0.2) is 20.8 Å². The van der Waals surface area contributed by atoms with Gasteiger partial charge in [-0.2, -0.15) is 5.10 Å². The summed E-state index contributed by atoms with van der Waals surface area (Å²) in [5.74, 6) is 0.242. The molecule has 1 aliphatic rings. The number of hydrogen-bond donors (Lipinski definition) is 2. The number of fused-ring (bicyclic) bond motifs is 1. The number of nitrogens with one attached hydrogen (secondary N) is 1. The van der Waals surface area contributed by atoms with Crippen molar-refractivity contribution in [2.24, 2.45) is 0 Å². The predicted molar refractivity (Wildman–Crippen MR) is 72.7 cm³/mol. The van der Waals surface area contributed by atoms with Gasteiger partial charge >= 0.3 is 0 Å². The maximum atomic E-state index is 11.8. The van der Waals surface area contributed by atoms with Gasteiger partial charge in [0.1, 0.15) is 11.4 Å². The van der Waals surface area contributed by atoms with Gasteiger partial charge in [-0.15, -0.1) is 0 Å². The maximum absolute atomic E-state index is 11.8. The summed E-state index contributed by atoms with van der Waals surface area (Å²) in [5, 5.41) is 4.73. The second kappa shape index (κ2) is 4.43. The summed E-state index contributed by atoms with van der Waals surface area (Å²) in [6, 6.07) is 1.75. The van der Waals surface area contributed by atoms with Crippen LogP contribution in [0.25, 0.3) is 15.7 Å². The highest BCUT2D eigenvalue weighted by atomic mass is 16.1. The van der Waals surface area contributed by atoms with Crippen molar-refractivity contribution in [1.29, 1.82) is 0 Å². The average Bonchev–Trinajstić information content (AvgIpc) is 2.77. The van der Waals surface area contributed by atoms with E-state index in [1.165, 1.54) is 0 Å². The molecule has 98 valence electrons. The lowest BCUT2D eigenvalue weighted by Crippen LogP contribution is -2.26. The van der Waals surface area contributed by atoms with E-state index in [4.69, 9.17) is 12.3 Å². The molecule has 1 fully saturated rings. The summed E-state index contributed by atoms with van der Waals surface area (Å²) in [5.41, 5.74) is 6.34. The van der Waals surface area contributed by atoms with E-state index in [-0.39, 0.29) is 23.5 Å². The van der Waals surface area contributed by atoms with Crippen LogP contribution in [0, 0.1) is 6.57 Å². The van der Waals surface area contributed by atoms with Gasteiger partial charge in [0, 0.05) is 12.6 Å². The highest BCUT2D eigenvalue weighted by molar-refractivity contribution is 5.88. The first kappa shape index (κ1) is 11.8. The Balaban J connectivity index is 2.18. The molecule has 0 bridgehead atoms. The van der Waals surface area contributed by atoms with Gasteiger partial charge in [-0.05, 0) is 18.9 Å². The molecule has 0 saturated heterocycles. The van der Waals surface area contributed by atoms with Crippen LogP contribution in [0.15, 0.2) is 17.1 Å². The number of hydrogen-bond acceptors (Lipinski definition) is 3. The fourth-order valence-corrected chi connectivity index (χ4v) is 2.91. The van der Waals surface area contributed by atoms with Gasteiger partial charge in [-0.25, -0.2) is 6.57 Å². The summed E-state index contributed by atoms with van der Waals surface area (Å²) in [6.45, 7) is 7.32. The Morgan fingerprint density at radius 3 is 3.05 bits per heavy atom. The molecule has 2 atom stereocenters. The normalized spacial score (nSPS) is 23.3. The van der Waals surface area contributed by atoms with Gasteiger partial charge in [0.05, 0.1) is 5.52 Å². The van der Waals surface area contributed by atoms with Gasteiger partial charge in [0.25, 0.3) is 5.56 Å². The summed E-state index contributed by atoms with van der Waals surface area (Å²) in [6.07, 6.45) is 5.56. The van der Waals surface area contributed by atoms with Crippen LogP contribution >= 0.6 is 0 Å². The van der Waals surface area contributed by atoms with E-state index in [0.29, 0.717) is 5.39 Å². The highest BCUT2D eigenvalue weighted by Crippen LogP contribution is 2.33. The third-order valence-electron chi connectivity index (χ3n) is 3.83. The molecule has 1 saturated carbocycles. The molecule has 2 aromatic heterocycles. The molecule has 0 aliphatic heterocycles. The van der Waals surface area contributed by atoms with E-state index in [0.717, 1.165) is 31.2 Å². The number of aromatic nitrogens is 3. The van der Waals surface area contributed by atoms with E-state index in [2.05, 4.69) is 14.9 Å². The van der Waals surface area contributed by atoms with E-state index in [9.17, 15) is 4.79 Å². The van der Waals surface area contributed by atoms with Crippen molar-refractivity contribution in [3.8, 4) is 0 Å². The molecule has 0 spiro atoms. The maximum Gasteiger partial charge on any atom is 0.261 e. The minimum Gasteiger partial charge on any atom is -0.382 e. The minimum absolute atomic E-state index is 0.0212. The van der Waals surface area contributed by atoms with E-state index >= 15 is 0 Å². The number of aromatic amines is 1. The number of nitrogens with zero attached hydrogens (tertiary/aromatic N) is 3. The topological polar surface area (TPSA) is 81.1 Å². The minimum atomic E-state index is -0.226. The Labute approximate surface area is 110 Å². The van der Waals surface area contributed by atoms with Crippen LogP contribution < -0.4 is 11.3 Å². The van der Waals surface area contributed by atoms with Crippen molar-refractivity contribution in [3.05, 3.63) is 34.0 Å². The van der Waals surface area contributed by atoms with Crippen molar-refractivity contribution in [2.45, 2.75) is 37.8 Å². The van der Waals surface area contributed by atoms with E-state index < -0.39 is 0 Å². The second-order valence-corrected chi connectivity index (χ2v) is 4.95. The first-order valence-electron chi connectivity index (χ1n) is 6.44. The molecule has 6 nitrogen and oxygen atoms in total. The van der Waals surface area contributed by atoms with Crippen molar-refractivity contribution in [3.63, 3.8) is 0 Å². The first-order valence-corrected chi connectivity index (χ1v) is 6.44. The Hall–Kier alpha value is -2.29. The van der Waals surface area contributed by atoms with Crippen LogP contribution in [0.2, 0.25) is 0 Å². The van der Waals surface area contributed by atoms with Crippen LogP contribution in [0.3, 0.4) is 0 Å². The number of nitrogens with two attached hydrogens (primary N) is 1. The number of pyridine rings is 1. The molecule has 2 aromatic rings. The quantitative estimate of drug-likeness (QED) is 0.763. The SMILES string of the molecule is [C-]#[N+][C@H]1CCCCC1n1nc(N)c2c(=O)[nH]ccc21. The molecular formula is C13H15N5O. The van der Waals surface area contributed by atoms with Crippen molar-refractivity contribution >= 4 is 16.7 Å². The third-order valence-corrected chi connectivity index (χ3v) is 3.83. The van der Waals surface area contributed by atoms with Crippen molar-refractivity contribution in [1.82, 2.24) is 14.8 Å². The van der Waals surface area contributed by atoms with Gasteiger partial charge in [-0.3, -0.25) is 9.48 Å². The number of nitrogen functional groups attached to an aromatic ring is 1. The lowest BCUT2D eigenvalue weighted by molar-refractivity contribution is 0.321. The summed E-state index contributed by atoms with van der Waals surface area (Å²) in [7, 11) is 0. The molecule has 2 heterocycles. The fourth-order valence-electron chi connectivity index (χ4n) is 2.91. The summed E-state index contributed by atoms with van der Waals surface area (Å²) in [4.78, 5) is 18.1. The Morgan fingerprint density at radius 1 is 1.47 bits per heavy atom. The Morgan fingerprint density at radius 2 is 2.26 bits per heavy atom. The van der Waals surface area contributed by atoms with Gasteiger partial charge in [-0.1, -0.05) is 6.42 Å². The fraction of sp³-hybridized carbons (Fsp3) is 0.462. The van der Waals surface area contributed by atoms with Gasteiger partial charge < -0.3 is 15.6 Å². The molecule has 0 aromatic carbocycles. The zero-order valence-electron chi connectivity index (χ0n) is 10.5. The lowest BCUT2D eigenvalue weighted by atomic mass is 9.91. The smallest absolute Gasteiger partial charge is 0.261 e. The molecule has 1 unspecified atom stereocenters. The number of anilines is 1. The van der Waals surface area contributed by atoms with Crippen LogP contribution in [0.1, 0.15) is 31.7 Å². The number of rotatable bonds is 1. The third kappa shape index (κ3) is 1.78. The molecule has 1 aliphatic carbocycles. The molecule has 19 heavy (non-hydrogen) atoms. The standard InChI is InChI=1S/C13H15N5O/c1-15-8-4-2-3-5-9(8)18-10-6-7-16-13(19)11(10)12(14)17-18/h6-9H,2-5H2,(H2,14,17)(H,16,19)/t8-,9?/m0/s1.